The van der Waals surface area contributed by atoms with E-state index in [1.807, 2.05) is 0 Å². The summed E-state index contributed by atoms with van der Waals surface area (Å²) in [4.78, 5) is 21.3. The second-order valence-electron chi connectivity index (χ2n) is 2.95. The Morgan fingerprint density at radius 3 is 2.92 bits per heavy atom. The monoisotopic (exact) mass is 180 g/mol. The molecular weight excluding hydrogens is 168 g/mol. The van der Waals surface area contributed by atoms with Crippen molar-refractivity contribution in [2.45, 2.75) is 26.2 Å². The molecule has 0 amide bonds. The van der Waals surface area contributed by atoms with Gasteiger partial charge in [-0.25, -0.2) is 0 Å². The summed E-state index contributed by atoms with van der Waals surface area (Å²) in [6.45, 7) is 1.34. The summed E-state index contributed by atoms with van der Waals surface area (Å²) in [7, 11) is 0. The van der Waals surface area contributed by atoms with Gasteiger partial charge in [0.2, 0.25) is 0 Å². The van der Waals surface area contributed by atoms with Crippen LogP contribution in [-0.4, -0.2) is 11.8 Å². The van der Waals surface area contributed by atoms with Gasteiger partial charge >= 0.3 is 5.97 Å². The summed E-state index contributed by atoms with van der Waals surface area (Å²) >= 11 is 0. The molecular formula is C10H12O3. The maximum absolute atomic E-state index is 11.0. The normalized spacial score (nSPS) is 17.3. The minimum absolute atomic E-state index is 0.147. The third-order valence-corrected chi connectivity index (χ3v) is 1.75. The van der Waals surface area contributed by atoms with Crippen LogP contribution in [0.25, 0.3) is 0 Å². The van der Waals surface area contributed by atoms with Gasteiger partial charge in [-0.3, -0.25) is 9.59 Å². The van der Waals surface area contributed by atoms with Crippen LogP contribution in [0.4, 0.5) is 0 Å². The summed E-state index contributed by atoms with van der Waals surface area (Å²) in [6, 6.07) is 0. The van der Waals surface area contributed by atoms with Gasteiger partial charge in [0.1, 0.15) is 0 Å². The fourth-order valence-corrected chi connectivity index (χ4v) is 1.17. The molecule has 0 aromatic heterocycles. The first-order chi connectivity index (χ1) is 6.18. The largest absolute Gasteiger partial charge is 0.435 e. The lowest BCUT2D eigenvalue weighted by Crippen LogP contribution is -2.01. The van der Waals surface area contributed by atoms with Crippen LogP contribution in [0.2, 0.25) is 0 Å². The maximum Gasteiger partial charge on any atom is 0.307 e. The van der Waals surface area contributed by atoms with Crippen molar-refractivity contribution in [2.75, 3.05) is 0 Å². The molecule has 0 atom stereocenters. The Kier molecular flexibility index (Phi) is 3.43. The molecule has 0 aromatic carbocycles. The highest BCUT2D eigenvalue weighted by atomic mass is 16.5. The molecule has 0 fully saturated rings. The van der Waals surface area contributed by atoms with E-state index in [1.165, 1.54) is 13.2 Å². The lowest BCUT2D eigenvalue weighted by atomic mass is 9.99. The molecule has 3 nitrogen and oxygen atoms in total. The third-order valence-electron chi connectivity index (χ3n) is 1.75. The lowest BCUT2D eigenvalue weighted by Gasteiger charge is -2.06. The predicted octanol–water partition coefficient (Wildman–Crippen LogP) is 1.74. The van der Waals surface area contributed by atoms with Gasteiger partial charge in [-0.2, -0.15) is 0 Å². The van der Waals surface area contributed by atoms with E-state index in [2.05, 4.69) is 4.74 Å². The van der Waals surface area contributed by atoms with Gasteiger partial charge in [-0.1, -0.05) is 0 Å². The molecule has 0 radical (unpaired) electrons. The molecule has 0 N–H and O–H groups in total. The molecule has 3 heteroatoms. The molecule has 13 heavy (non-hydrogen) atoms. The van der Waals surface area contributed by atoms with Crippen molar-refractivity contribution in [3.05, 3.63) is 24.0 Å². The van der Waals surface area contributed by atoms with Crippen LogP contribution in [0.15, 0.2) is 24.0 Å². The number of esters is 1. The number of allylic oxidation sites excluding steroid dienone is 3. The number of hydrogen-bond donors (Lipinski definition) is 0. The Bertz CT molecular complexity index is 274. The van der Waals surface area contributed by atoms with Crippen molar-refractivity contribution >= 4 is 11.8 Å². The van der Waals surface area contributed by atoms with Gasteiger partial charge in [-0.05, 0) is 30.6 Å². The van der Waals surface area contributed by atoms with Crippen molar-refractivity contribution in [1.29, 1.82) is 0 Å². The minimum atomic E-state index is -0.348. The molecule has 0 saturated carbocycles. The Morgan fingerprint density at radius 1 is 1.54 bits per heavy atom. The zero-order chi connectivity index (χ0) is 9.68. The average Bonchev–Trinajstić information content (AvgIpc) is 2.03. The third kappa shape index (κ3) is 3.69. The highest BCUT2D eigenvalue weighted by Gasteiger charge is 2.06. The van der Waals surface area contributed by atoms with Crippen LogP contribution in [0.3, 0.4) is 0 Å². The van der Waals surface area contributed by atoms with Crippen LogP contribution in [0.5, 0.6) is 0 Å². The van der Waals surface area contributed by atoms with Gasteiger partial charge in [0.05, 0.1) is 6.26 Å². The topological polar surface area (TPSA) is 43.4 Å². The SMILES string of the molecule is CC(=O)O/C=C/C1=CC(=O)CCC1. The maximum atomic E-state index is 11.0. The summed E-state index contributed by atoms with van der Waals surface area (Å²) in [5.74, 6) is -0.201. The number of carbonyl (C=O) groups is 2. The van der Waals surface area contributed by atoms with Crippen LogP contribution >= 0.6 is 0 Å². The summed E-state index contributed by atoms with van der Waals surface area (Å²) in [5.41, 5.74) is 0.928. The van der Waals surface area contributed by atoms with E-state index < -0.39 is 0 Å². The van der Waals surface area contributed by atoms with Gasteiger partial charge in [0, 0.05) is 13.3 Å². The summed E-state index contributed by atoms with van der Waals surface area (Å²) < 4.78 is 4.61. The Morgan fingerprint density at radius 2 is 2.31 bits per heavy atom. The Hall–Kier alpha value is -1.38. The van der Waals surface area contributed by atoms with Gasteiger partial charge in [-0.15, -0.1) is 0 Å². The molecule has 0 heterocycles. The Labute approximate surface area is 77.1 Å². The van der Waals surface area contributed by atoms with Crippen LogP contribution in [0, 0.1) is 0 Å². The zero-order valence-electron chi connectivity index (χ0n) is 7.58. The molecule has 0 bridgehead atoms. The van der Waals surface area contributed by atoms with Crippen LogP contribution < -0.4 is 0 Å². The van der Waals surface area contributed by atoms with E-state index >= 15 is 0 Å². The van der Waals surface area contributed by atoms with Crippen LogP contribution in [-0.2, 0) is 14.3 Å². The highest BCUT2D eigenvalue weighted by molar-refractivity contribution is 5.91. The van der Waals surface area contributed by atoms with Gasteiger partial charge in [0.25, 0.3) is 0 Å². The Balaban J connectivity index is 2.48. The fraction of sp³-hybridized carbons (Fsp3) is 0.400. The van der Waals surface area contributed by atoms with E-state index in [-0.39, 0.29) is 11.8 Å². The van der Waals surface area contributed by atoms with Crippen molar-refractivity contribution in [3.63, 3.8) is 0 Å². The number of hydrogen-bond acceptors (Lipinski definition) is 3. The lowest BCUT2D eigenvalue weighted by molar-refractivity contribution is -0.135. The van der Waals surface area contributed by atoms with E-state index in [0.717, 1.165) is 18.4 Å². The second-order valence-corrected chi connectivity index (χ2v) is 2.95. The predicted molar refractivity (Wildman–Crippen MR) is 47.8 cm³/mol. The summed E-state index contributed by atoms with van der Waals surface area (Å²) in [5, 5.41) is 0. The quantitative estimate of drug-likeness (QED) is 0.480. The first-order valence-corrected chi connectivity index (χ1v) is 4.25. The molecule has 1 rings (SSSR count). The summed E-state index contributed by atoms with van der Waals surface area (Å²) in [6.07, 6.45) is 6.98. The second kappa shape index (κ2) is 4.60. The molecule has 0 spiro atoms. The number of rotatable bonds is 2. The zero-order valence-corrected chi connectivity index (χ0v) is 7.58. The van der Waals surface area contributed by atoms with Crippen LogP contribution in [0.1, 0.15) is 26.2 Å². The molecule has 0 saturated heterocycles. The number of ether oxygens (including phenoxy) is 1. The molecule has 1 aliphatic carbocycles. The highest BCUT2D eigenvalue weighted by Crippen LogP contribution is 2.15. The van der Waals surface area contributed by atoms with E-state index in [9.17, 15) is 9.59 Å². The van der Waals surface area contributed by atoms with Crippen molar-refractivity contribution < 1.29 is 14.3 Å². The fourth-order valence-electron chi connectivity index (χ4n) is 1.17. The van der Waals surface area contributed by atoms with E-state index in [0.29, 0.717) is 6.42 Å². The standard InChI is InChI=1S/C10H12O3/c1-8(11)13-6-5-9-3-2-4-10(12)7-9/h5-7H,2-4H2,1H3/b6-5+. The molecule has 0 aromatic rings. The number of ketones is 1. The minimum Gasteiger partial charge on any atom is -0.435 e. The molecule has 0 unspecified atom stereocenters. The van der Waals surface area contributed by atoms with Gasteiger partial charge in [0.15, 0.2) is 5.78 Å². The molecule has 1 aliphatic rings. The first-order valence-electron chi connectivity index (χ1n) is 4.25. The molecule has 0 aliphatic heterocycles. The number of carbonyl (C=O) groups excluding carboxylic acids is 2. The van der Waals surface area contributed by atoms with Crippen molar-refractivity contribution in [3.8, 4) is 0 Å². The average molecular weight is 180 g/mol. The van der Waals surface area contributed by atoms with Crippen molar-refractivity contribution in [2.24, 2.45) is 0 Å². The molecule has 70 valence electrons. The smallest absolute Gasteiger partial charge is 0.307 e. The van der Waals surface area contributed by atoms with E-state index in [4.69, 9.17) is 0 Å². The van der Waals surface area contributed by atoms with Gasteiger partial charge < -0.3 is 4.74 Å². The first kappa shape index (κ1) is 9.71. The van der Waals surface area contributed by atoms with E-state index in [1.54, 1.807) is 12.2 Å². The van der Waals surface area contributed by atoms with Crippen molar-refractivity contribution in [1.82, 2.24) is 0 Å².